The lowest BCUT2D eigenvalue weighted by Crippen LogP contribution is -2.16. The Balaban J connectivity index is 1.65. The van der Waals surface area contributed by atoms with Crippen LogP contribution in [0, 0.1) is 6.92 Å². The van der Waals surface area contributed by atoms with E-state index in [-0.39, 0.29) is 0 Å². The molecule has 0 saturated heterocycles. The molecule has 6 nitrogen and oxygen atoms in total. The molecule has 2 aromatic heterocycles. The van der Waals surface area contributed by atoms with E-state index in [9.17, 15) is 0 Å². The van der Waals surface area contributed by atoms with Gasteiger partial charge in [0.1, 0.15) is 12.2 Å². The Labute approximate surface area is 100 Å². The van der Waals surface area contributed by atoms with Gasteiger partial charge >= 0.3 is 0 Å². The van der Waals surface area contributed by atoms with E-state index >= 15 is 0 Å². The maximum atomic E-state index is 4.21. The highest BCUT2D eigenvalue weighted by molar-refractivity contribution is 5.15. The van der Waals surface area contributed by atoms with Gasteiger partial charge in [-0.05, 0) is 19.9 Å². The minimum absolute atomic E-state index is 0.871. The van der Waals surface area contributed by atoms with Crippen molar-refractivity contribution in [2.75, 3.05) is 6.54 Å². The average molecular weight is 234 g/mol. The first-order valence-corrected chi connectivity index (χ1v) is 5.80. The van der Waals surface area contributed by atoms with Crippen LogP contribution in [0.5, 0.6) is 0 Å². The highest BCUT2D eigenvalue weighted by Crippen LogP contribution is 2.04. The van der Waals surface area contributed by atoms with Crippen LogP contribution in [0.2, 0.25) is 0 Å². The molecule has 17 heavy (non-hydrogen) atoms. The smallest absolute Gasteiger partial charge is 0.137 e. The molecule has 0 aliphatic heterocycles. The second-order valence-corrected chi connectivity index (χ2v) is 4.09. The third-order valence-electron chi connectivity index (χ3n) is 2.88. The van der Waals surface area contributed by atoms with Crippen molar-refractivity contribution in [2.24, 2.45) is 7.05 Å². The molecule has 2 heterocycles. The summed E-state index contributed by atoms with van der Waals surface area (Å²) in [5.74, 6) is 0.948. The molecule has 0 aromatic carbocycles. The molecule has 2 aromatic rings. The van der Waals surface area contributed by atoms with Crippen LogP contribution in [-0.4, -0.2) is 31.5 Å². The molecule has 0 amide bonds. The highest BCUT2D eigenvalue weighted by Gasteiger charge is 2.02. The maximum Gasteiger partial charge on any atom is 0.137 e. The molecule has 0 unspecified atom stereocenters. The van der Waals surface area contributed by atoms with Crippen molar-refractivity contribution in [3.63, 3.8) is 0 Å². The second kappa shape index (κ2) is 5.58. The third kappa shape index (κ3) is 3.13. The Morgan fingerprint density at radius 3 is 3.00 bits per heavy atom. The number of hydrogen-bond donors (Lipinski definition) is 2. The first-order chi connectivity index (χ1) is 8.27. The van der Waals surface area contributed by atoms with Gasteiger partial charge in [-0.2, -0.15) is 10.2 Å². The summed E-state index contributed by atoms with van der Waals surface area (Å²) in [5, 5.41) is 14.3. The zero-order valence-electron chi connectivity index (χ0n) is 10.3. The van der Waals surface area contributed by atoms with Crippen LogP contribution >= 0.6 is 0 Å². The lowest BCUT2D eigenvalue weighted by Gasteiger charge is -2.03. The summed E-state index contributed by atoms with van der Waals surface area (Å²) >= 11 is 0. The predicted octanol–water partition coefficient (Wildman–Crippen LogP) is 0.569. The summed E-state index contributed by atoms with van der Waals surface area (Å²) in [4.78, 5) is 4.08. The molecule has 0 saturated carbocycles. The molecule has 92 valence electrons. The van der Waals surface area contributed by atoms with E-state index in [0.717, 1.165) is 31.8 Å². The number of H-pyrrole nitrogens is 1. The Kier molecular flexibility index (Phi) is 3.87. The predicted molar refractivity (Wildman–Crippen MR) is 64.4 cm³/mol. The van der Waals surface area contributed by atoms with Gasteiger partial charge in [0.05, 0.1) is 6.20 Å². The number of rotatable bonds is 6. The quantitative estimate of drug-likeness (QED) is 0.717. The number of aromatic amines is 1. The second-order valence-electron chi connectivity index (χ2n) is 4.09. The van der Waals surface area contributed by atoms with Crippen molar-refractivity contribution >= 4 is 0 Å². The first-order valence-electron chi connectivity index (χ1n) is 5.80. The van der Waals surface area contributed by atoms with E-state index in [4.69, 9.17) is 0 Å². The summed E-state index contributed by atoms with van der Waals surface area (Å²) in [6, 6.07) is 0. The fraction of sp³-hybridized carbons (Fsp3) is 0.545. The summed E-state index contributed by atoms with van der Waals surface area (Å²) in [6.07, 6.45) is 5.44. The van der Waals surface area contributed by atoms with Gasteiger partial charge in [0, 0.05) is 31.3 Å². The summed E-state index contributed by atoms with van der Waals surface area (Å²) < 4.78 is 1.89. The van der Waals surface area contributed by atoms with Crippen LogP contribution in [-0.2, 0) is 20.0 Å². The summed E-state index contributed by atoms with van der Waals surface area (Å²) in [7, 11) is 1.96. The molecular weight excluding hydrogens is 216 g/mol. The van der Waals surface area contributed by atoms with Crippen molar-refractivity contribution in [1.29, 1.82) is 0 Å². The lowest BCUT2D eigenvalue weighted by molar-refractivity contribution is 0.636. The van der Waals surface area contributed by atoms with Crippen molar-refractivity contribution < 1.29 is 0 Å². The van der Waals surface area contributed by atoms with Crippen LogP contribution in [0.1, 0.15) is 23.5 Å². The van der Waals surface area contributed by atoms with E-state index in [0.29, 0.717) is 0 Å². The van der Waals surface area contributed by atoms with Crippen molar-refractivity contribution in [3.8, 4) is 0 Å². The highest BCUT2D eigenvalue weighted by atomic mass is 15.3. The molecule has 0 aliphatic carbocycles. The van der Waals surface area contributed by atoms with Crippen molar-refractivity contribution in [1.82, 2.24) is 30.3 Å². The largest absolute Gasteiger partial charge is 0.313 e. The first kappa shape index (κ1) is 11.8. The molecule has 0 radical (unpaired) electrons. The Morgan fingerprint density at radius 1 is 1.47 bits per heavy atom. The van der Waals surface area contributed by atoms with Crippen LogP contribution in [0.15, 0.2) is 12.5 Å². The number of hydrogen-bond acceptors (Lipinski definition) is 4. The van der Waals surface area contributed by atoms with Gasteiger partial charge in [0.15, 0.2) is 0 Å². The van der Waals surface area contributed by atoms with Gasteiger partial charge < -0.3 is 5.32 Å². The van der Waals surface area contributed by atoms with Crippen LogP contribution in [0.3, 0.4) is 0 Å². The minimum Gasteiger partial charge on any atom is -0.313 e. The fourth-order valence-electron chi connectivity index (χ4n) is 1.67. The van der Waals surface area contributed by atoms with E-state index < -0.39 is 0 Å². The average Bonchev–Trinajstić information content (AvgIpc) is 2.93. The lowest BCUT2D eigenvalue weighted by atomic mass is 10.2. The molecule has 0 spiro atoms. The Bertz CT molecular complexity index is 444. The van der Waals surface area contributed by atoms with Gasteiger partial charge in [-0.3, -0.25) is 9.78 Å². The van der Waals surface area contributed by atoms with Gasteiger partial charge in [-0.25, -0.2) is 4.98 Å². The topological polar surface area (TPSA) is 71.4 Å². The molecule has 0 atom stereocenters. The van der Waals surface area contributed by atoms with Gasteiger partial charge in [-0.1, -0.05) is 0 Å². The number of nitrogens with one attached hydrogen (secondary N) is 2. The fourth-order valence-corrected chi connectivity index (χ4v) is 1.67. The maximum absolute atomic E-state index is 4.21. The van der Waals surface area contributed by atoms with Crippen LogP contribution in [0.4, 0.5) is 0 Å². The van der Waals surface area contributed by atoms with Crippen LogP contribution < -0.4 is 5.32 Å². The normalized spacial score (nSPS) is 10.9. The Hall–Kier alpha value is -1.69. The zero-order chi connectivity index (χ0) is 12.1. The monoisotopic (exact) mass is 234 g/mol. The van der Waals surface area contributed by atoms with Crippen molar-refractivity contribution in [3.05, 3.63) is 29.6 Å². The van der Waals surface area contributed by atoms with Gasteiger partial charge in [0.2, 0.25) is 0 Å². The van der Waals surface area contributed by atoms with Gasteiger partial charge in [0.25, 0.3) is 0 Å². The Morgan fingerprint density at radius 2 is 2.35 bits per heavy atom. The molecule has 0 aliphatic rings. The zero-order valence-corrected chi connectivity index (χ0v) is 10.3. The summed E-state index contributed by atoms with van der Waals surface area (Å²) in [5.41, 5.74) is 2.47. The molecule has 0 fully saturated rings. The molecule has 2 rings (SSSR count). The standard InChI is InChI=1S/C11H18N6/c1-9-10(7-15-17(9)2)6-12-5-3-4-11-13-8-14-16-11/h7-8,12H,3-6H2,1-2H3,(H,13,14,16). The van der Waals surface area contributed by atoms with Crippen molar-refractivity contribution in [2.45, 2.75) is 26.3 Å². The van der Waals surface area contributed by atoms with Gasteiger partial charge in [-0.15, -0.1) is 0 Å². The van der Waals surface area contributed by atoms with E-state index in [2.05, 4.69) is 32.5 Å². The summed E-state index contributed by atoms with van der Waals surface area (Å²) in [6.45, 7) is 3.92. The number of aryl methyl sites for hydroxylation is 2. The van der Waals surface area contributed by atoms with Crippen LogP contribution in [0.25, 0.3) is 0 Å². The number of aromatic nitrogens is 5. The SMILES string of the molecule is Cc1c(CNCCCc2ncn[nH]2)cnn1C. The molecule has 2 N–H and O–H groups in total. The molecule has 0 bridgehead atoms. The van der Waals surface area contributed by atoms with E-state index in [1.165, 1.54) is 11.3 Å². The minimum atomic E-state index is 0.871. The molecular formula is C11H18N6. The van der Waals surface area contributed by atoms with E-state index in [1.54, 1.807) is 6.33 Å². The number of nitrogens with zero attached hydrogens (tertiary/aromatic N) is 4. The molecule has 6 heteroatoms. The van der Waals surface area contributed by atoms with E-state index in [1.807, 2.05) is 17.9 Å². The third-order valence-corrected chi connectivity index (χ3v) is 2.88.